The molecule has 0 bridgehead atoms. The third kappa shape index (κ3) is 3.34. The maximum Gasteiger partial charge on any atom is 0.241 e. The maximum atomic E-state index is 13.1. The number of benzene rings is 2. The van der Waals surface area contributed by atoms with Crippen molar-refractivity contribution in [3.05, 3.63) is 59.7 Å². The molecule has 0 radical (unpaired) electrons. The second-order valence-electron chi connectivity index (χ2n) is 7.18. The minimum Gasteiger partial charge on any atom is -0.497 e. The summed E-state index contributed by atoms with van der Waals surface area (Å²) in [5, 5.41) is 0. The molecule has 0 aliphatic carbocycles. The van der Waals surface area contributed by atoms with Crippen LogP contribution in [0.4, 0.5) is 5.69 Å². The lowest BCUT2D eigenvalue weighted by atomic mass is 10.0. The number of fused-ring (bicyclic) bond motifs is 1. The van der Waals surface area contributed by atoms with Gasteiger partial charge >= 0.3 is 0 Å². The van der Waals surface area contributed by atoms with Gasteiger partial charge in [0.1, 0.15) is 5.75 Å². The smallest absolute Gasteiger partial charge is 0.241 e. The molecule has 1 saturated heterocycles. The summed E-state index contributed by atoms with van der Waals surface area (Å²) in [5.74, 6) is 1.07. The number of methoxy groups -OCH3 is 1. The molecule has 1 atom stereocenters. The zero-order valence-corrected chi connectivity index (χ0v) is 15.4. The van der Waals surface area contributed by atoms with E-state index in [-0.39, 0.29) is 5.91 Å². The Balaban J connectivity index is 1.50. The first-order valence-electron chi connectivity index (χ1n) is 9.52. The Morgan fingerprint density at radius 2 is 1.96 bits per heavy atom. The van der Waals surface area contributed by atoms with Gasteiger partial charge in [-0.15, -0.1) is 0 Å². The monoisotopic (exact) mass is 350 g/mol. The van der Waals surface area contributed by atoms with Gasteiger partial charge in [-0.2, -0.15) is 0 Å². The molecule has 4 heteroatoms. The van der Waals surface area contributed by atoms with Gasteiger partial charge in [0.15, 0.2) is 0 Å². The largest absolute Gasteiger partial charge is 0.497 e. The minimum atomic E-state index is 0.207. The summed E-state index contributed by atoms with van der Waals surface area (Å²) in [6, 6.07) is 17.0. The normalized spacial score (nSPS) is 20.0. The van der Waals surface area contributed by atoms with Gasteiger partial charge in [0.05, 0.1) is 13.7 Å². The first-order valence-corrected chi connectivity index (χ1v) is 9.52. The number of hydrogen-bond acceptors (Lipinski definition) is 3. The van der Waals surface area contributed by atoms with Gasteiger partial charge in [-0.25, -0.2) is 0 Å². The topological polar surface area (TPSA) is 32.8 Å². The van der Waals surface area contributed by atoms with Gasteiger partial charge < -0.3 is 9.64 Å². The molecule has 0 N–H and O–H groups in total. The number of likely N-dealkylation sites (tertiary alicyclic amines) is 1. The first kappa shape index (κ1) is 17.1. The summed E-state index contributed by atoms with van der Waals surface area (Å²) in [6.07, 6.45) is 4.30. The Kier molecular flexibility index (Phi) is 4.93. The number of amides is 1. The van der Waals surface area contributed by atoms with E-state index in [4.69, 9.17) is 4.74 Å². The van der Waals surface area contributed by atoms with Gasteiger partial charge in [0, 0.05) is 18.3 Å². The van der Waals surface area contributed by atoms with Crippen molar-refractivity contribution >= 4 is 11.6 Å². The fourth-order valence-electron chi connectivity index (χ4n) is 4.29. The van der Waals surface area contributed by atoms with Crippen molar-refractivity contribution in [3.8, 4) is 5.75 Å². The lowest BCUT2D eigenvalue weighted by Crippen LogP contribution is -2.42. The van der Waals surface area contributed by atoms with E-state index >= 15 is 0 Å². The van der Waals surface area contributed by atoms with Crippen molar-refractivity contribution in [3.63, 3.8) is 0 Å². The van der Waals surface area contributed by atoms with Crippen molar-refractivity contribution in [2.75, 3.05) is 31.6 Å². The van der Waals surface area contributed by atoms with Crippen molar-refractivity contribution in [1.82, 2.24) is 4.90 Å². The fourth-order valence-corrected chi connectivity index (χ4v) is 4.29. The van der Waals surface area contributed by atoms with Crippen LogP contribution in [0.15, 0.2) is 48.5 Å². The van der Waals surface area contributed by atoms with Crippen LogP contribution in [0.25, 0.3) is 0 Å². The van der Waals surface area contributed by atoms with Crippen LogP contribution in [-0.4, -0.2) is 37.6 Å². The summed E-state index contributed by atoms with van der Waals surface area (Å²) >= 11 is 0. The highest BCUT2D eigenvalue weighted by Crippen LogP contribution is 2.33. The third-order valence-electron chi connectivity index (χ3n) is 5.59. The summed E-state index contributed by atoms with van der Waals surface area (Å²) in [6.45, 7) is 2.29. The van der Waals surface area contributed by atoms with Crippen LogP contribution in [0.5, 0.6) is 5.75 Å². The molecule has 4 nitrogen and oxygen atoms in total. The van der Waals surface area contributed by atoms with E-state index < -0.39 is 0 Å². The molecule has 1 unspecified atom stereocenters. The van der Waals surface area contributed by atoms with E-state index in [1.165, 1.54) is 11.1 Å². The fraction of sp³-hybridized carbons (Fsp3) is 0.409. The standard InChI is InChI=1S/C22H26N2O2/c1-26-19-11-12-21-18(15-19)9-5-14-24(21)22(25)16-23-13-6-10-20(23)17-7-3-2-4-8-17/h2-4,7-8,11-12,15,20H,5-6,9-10,13-14,16H2,1H3. The molecular formula is C22H26N2O2. The van der Waals surface area contributed by atoms with Crippen LogP contribution in [0.3, 0.4) is 0 Å². The van der Waals surface area contributed by atoms with Crippen LogP contribution in [-0.2, 0) is 11.2 Å². The van der Waals surface area contributed by atoms with Crippen LogP contribution in [0.2, 0.25) is 0 Å². The lowest BCUT2D eigenvalue weighted by Gasteiger charge is -2.32. The van der Waals surface area contributed by atoms with Gasteiger partial charge in [-0.05, 0) is 61.6 Å². The van der Waals surface area contributed by atoms with Crippen molar-refractivity contribution < 1.29 is 9.53 Å². The second kappa shape index (κ2) is 7.50. The Morgan fingerprint density at radius 1 is 1.12 bits per heavy atom. The van der Waals surface area contributed by atoms with E-state index in [9.17, 15) is 4.79 Å². The predicted molar refractivity (Wildman–Crippen MR) is 104 cm³/mol. The molecule has 0 saturated carbocycles. The van der Waals surface area contributed by atoms with Crippen molar-refractivity contribution in [1.29, 1.82) is 0 Å². The van der Waals surface area contributed by atoms with Crippen LogP contribution in [0.1, 0.15) is 36.4 Å². The number of anilines is 1. The van der Waals surface area contributed by atoms with Crippen LogP contribution in [0, 0.1) is 0 Å². The van der Waals surface area contributed by atoms with Crippen LogP contribution < -0.4 is 9.64 Å². The maximum absolute atomic E-state index is 13.1. The SMILES string of the molecule is COc1ccc2c(c1)CCCN2C(=O)CN1CCCC1c1ccccc1. The Morgan fingerprint density at radius 3 is 2.77 bits per heavy atom. The Labute approximate surface area is 155 Å². The average Bonchev–Trinajstić information content (AvgIpc) is 3.15. The number of rotatable bonds is 4. The predicted octanol–water partition coefficient (Wildman–Crippen LogP) is 3.81. The first-order chi connectivity index (χ1) is 12.8. The van der Waals surface area contributed by atoms with E-state index in [2.05, 4.69) is 35.2 Å². The highest BCUT2D eigenvalue weighted by Gasteiger charge is 2.30. The van der Waals surface area contributed by atoms with Crippen molar-refractivity contribution in [2.24, 2.45) is 0 Å². The number of carbonyl (C=O) groups is 1. The summed E-state index contributed by atoms with van der Waals surface area (Å²) < 4.78 is 5.33. The van der Waals surface area contributed by atoms with Gasteiger partial charge in [-0.1, -0.05) is 30.3 Å². The van der Waals surface area contributed by atoms with Gasteiger partial charge in [0.2, 0.25) is 5.91 Å². The lowest BCUT2D eigenvalue weighted by molar-refractivity contribution is -0.120. The molecule has 2 aliphatic heterocycles. The number of carbonyl (C=O) groups excluding carboxylic acids is 1. The van der Waals surface area contributed by atoms with Gasteiger partial charge in [0.25, 0.3) is 0 Å². The molecular weight excluding hydrogens is 324 g/mol. The molecule has 4 rings (SSSR count). The molecule has 2 heterocycles. The van der Waals surface area contributed by atoms with E-state index in [0.29, 0.717) is 12.6 Å². The van der Waals surface area contributed by atoms with E-state index in [0.717, 1.165) is 50.2 Å². The zero-order valence-electron chi connectivity index (χ0n) is 15.4. The summed E-state index contributed by atoms with van der Waals surface area (Å²) in [7, 11) is 1.69. The molecule has 136 valence electrons. The van der Waals surface area contributed by atoms with E-state index in [1.807, 2.05) is 23.1 Å². The third-order valence-corrected chi connectivity index (χ3v) is 5.59. The highest BCUT2D eigenvalue weighted by atomic mass is 16.5. The average molecular weight is 350 g/mol. The molecule has 2 aliphatic rings. The van der Waals surface area contributed by atoms with Crippen molar-refractivity contribution in [2.45, 2.75) is 31.7 Å². The number of nitrogens with zero attached hydrogens (tertiary/aromatic N) is 2. The van der Waals surface area contributed by atoms with Gasteiger partial charge in [-0.3, -0.25) is 9.69 Å². The summed E-state index contributed by atoms with van der Waals surface area (Å²) in [4.78, 5) is 17.4. The molecule has 2 aromatic rings. The molecule has 1 amide bonds. The molecule has 0 spiro atoms. The molecule has 1 fully saturated rings. The minimum absolute atomic E-state index is 0.207. The second-order valence-corrected chi connectivity index (χ2v) is 7.18. The number of ether oxygens (including phenoxy) is 1. The Hall–Kier alpha value is -2.33. The quantitative estimate of drug-likeness (QED) is 0.840. The highest BCUT2D eigenvalue weighted by molar-refractivity contribution is 5.96. The summed E-state index contributed by atoms with van der Waals surface area (Å²) in [5.41, 5.74) is 3.59. The Bertz CT molecular complexity index is 775. The number of aryl methyl sites for hydroxylation is 1. The van der Waals surface area contributed by atoms with E-state index in [1.54, 1.807) is 7.11 Å². The molecule has 0 aromatic heterocycles. The number of hydrogen-bond donors (Lipinski definition) is 0. The van der Waals surface area contributed by atoms with Crippen LogP contribution >= 0.6 is 0 Å². The molecule has 26 heavy (non-hydrogen) atoms. The zero-order chi connectivity index (χ0) is 17.9. The molecule has 2 aromatic carbocycles.